The summed E-state index contributed by atoms with van der Waals surface area (Å²) >= 11 is 0. The van der Waals surface area contributed by atoms with Gasteiger partial charge in [-0.1, -0.05) is 6.07 Å². The van der Waals surface area contributed by atoms with Crippen molar-refractivity contribution in [3.63, 3.8) is 0 Å². The minimum absolute atomic E-state index is 0. The monoisotopic (exact) mass is 447 g/mol. The van der Waals surface area contributed by atoms with Crippen LogP contribution in [0.15, 0.2) is 23.2 Å². The Morgan fingerprint density at radius 1 is 1.25 bits per heavy atom. The van der Waals surface area contributed by atoms with Crippen LogP contribution in [0.3, 0.4) is 0 Å². The third kappa shape index (κ3) is 6.37. The van der Waals surface area contributed by atoms with E-state index >= 15 is 0 Å². The van der Waals surface area contributed by atoms with Gasteiger partial charge in [0.2, 0.25) is 0 Å². The molecule has 24 heavy (non-hydrogen) atoms. The lowest BCUT2D eigenvalue weighted by atomic mass is 10.1. The number of guanidine groups is 1. The smallest absolute Gasteiger partial charge is 0.193 e. The van der Waals surface area contributed by atoms with Gasteiger partial charge in [-0.15, -0.1) is 24.0 Å². The van der Waals surface area contributed by atoms with E-state index in [4.69, 9.17) is 14.5 Å². The molecule has 0 spiro atoms. The third-order valence-corrected chi connectivity index (χ3v) is 4.08. The Balaban J connectivity index is 0.00000288. The van der Waals surface area contributed by atoms with Gasteiger partial charge in [0.25, 0.3) is 0 Å². The van der Waals surface area contributed by atoms with E-state index in [9.17, 15) is 0 Å². The minimum atomic E-state index is 0. The molecule has 6 heteroatoms. The Bertz CT molecular complexity index is 533. The zero-order valence-electron chi connectivity index (χ0n) is 15.2. The predicted octanol–water partition coefficient (Wildman–Crippen LogP) is 3.17. The fourth-order valence-electron chi connectivity index (χ4n) is 2.42. The maximum atomic E-state index is 5.37. The van der Waals surface area contributed by atoms with Crippen molar-refractivity contribution in [1.29, 1.82) is 0 Å². The Kier molecular flexibility index (Phi) is 9.25. The summed E-state index contributed by atoms with van der Waals surface area (Å²) in [5.74, 6) is 3.36. The van der Waals surface area contributed by atoms with Crippen molar-refractivity contribution >= 4 is 29.9 Å². The maximum Gasteiger partial charge on any atom is 0.193 e. The molecule has 1 aromatic rings. The van der Waals surface area contributed by atoms with E-state index in [0.717, 1.165) is 49.4 Å². The number of hydrogen-bond donors (Lipinski definition) is 1. The number of nitrogens with zero attached hydrogens (tertiary/aromatic N) is 2. The highest BCUT2D eigenvalue weighted by Crippen LogP contribution is 2.29. The molecule has 0 aromatic heterocycles. The highest BCUT2D eigenvalue weighted by molar-refractivity contribution is 14.0. The molecule has 1 fully saturated rings. The molecule has 1 N–H and O–H groups in total. The lowest BCUT2D eigenvalue weighted by Crippen LogP contribution is -2.40. The Labute approximate surface area is 162 Å². The second-order valence-corrected chi connectivity index (χ2v) is 6.00. The number of rotatable bonds is 8. The van der Waals surface area contributed by atoms with Crippen LogP contribution in [0.2, 0.25) is 0 Å². The van der Waals surface area contributed by atoms with Gasteiger partial charge in [0.15, 0.2) is 17.5 Å². The quantitative estimate of drug-likeness (QED) is 0.378. The summed E-state index contributed by atoms with van der Waals surface area (Å²) in [7, 11) is 5.42. The van der Waals surface area contributed by atoms with Gasteiger partial charge in [0, 0.05) is 26.7 Å². The van der Waals surface area contributed by atoms with E-state index in [0.29, 0.717) is 0 Å². The highest BCUT2D eigenvalue weighted by atomic mass is 127. The summed E-state index contributed by atoms with van der Waals surface area (Å²) in [6.07, 6.45) is 3.60. The average Bonchev–Trinajstić information content (AvgIpc) is 3.40. The Hall–Kier alpha value is -1.18. The van der Waals surface area contributed by atoms with Crippen LogP contribution in [0.5, 0.6) is 11.5 Å². The Morgan fingerprint density at radius 2 is 1.96 bits per heavy atom. The van der Waals surface area contributed by atoms with Gasteiger partial charge >= 0.3 is 0 Å². The van der Waals surface area contributed by atoms with E-state index in [2.05, 4.69) is 30.3 Å². The topological polar surface area (TPSA) is 46.1 Å². The van der Waals surface area contributed by atoms with E-state index in [1.54, 1.807) is 14.2 Å². The van der Waals surface area contributed by atoms with Gasteiger partial charge < -0.3 is 19.7 Å². The number of nitrogens with one attached hydrogen (secondary N) is 1. The van der Waals surface area contributed by atoms with Gasteiger partial charge in [-0.3, -0.25) is 4.99 Å². The second kappa shape index (κ2) is 10.6. The summed E-state index contributed by atoms with van der Waals surface area (Å²) in [6.45, 7) is 4.86. The molecule has 0 saturated heterocycles. The van der Waals surface area contributed by atoms with Crippen LogP contribution in [0.25, 0.3) is 0 Å². The first kappa shape index (κ1) is 20.9. The fourth-order valence-corrected chi connectivity index (χ4v) is 2.42. The molecule has 0 heterocycles. The Morgan fingerprint density at radius 3 is 2.54 bits per heavy atom. The second-order valence-electron chi connectivity index (χ2n) is 6.00. The van der Waals surface area contributed by atoms with Crippen LogP contribution in [0, 0.1) is 5.92 Å². The number of halogens is 1. The molecule has 2 rings (SSSR count). The minimum Gasteiger partial charge on any atom is -0.493 e. The molecule has 0 unspecified atom stereocenters. The van der Waals surface area contributed by atoms with Crippen molar-refractivity contribution in [2.45, 2.75) is 26.2 Å². The first-order valence-corrected chi connectivity index (χ1v) is 8.38. The number of methoxy groups -OCH3 is 2. The molecule has 136 valence electrons. The van der Waals surface area contributed by atoms with Crippen LogP contribution in [-0.4, -0.2) is 51.8 Å². The van der Waals surface area contributed by atoms with Crippen LogP contribution in [-0.2, 0) is 6.42 Å². The zero-order chi connectivity index (χ0) is 16.7. The number of benzene rings is 1. The number of likely N-dealkylation sites (N-methyl/N-ethyl adjacent to an activating group) is 1. The summed E-state index contributed by atoms with van der Waals surface area (Å²) in [6, 6.07) is 6.09. The van der Waals surface area contributed by atoms with Crippen molar-refractivity contribution < 1.29 is 9.47 Å². The molecule has 0 aliphatic heterocycles. The van der Waals surface area contributed by atoms with Crippen LogP contribution in [0.4, 0.5) is 0 Å². The summed E-state index contributed by atoms with van der Waals surface area (Å²) in [5, 5.41) is 3.37. The lowest BCUT2D eigenvalue weighted by molar-refractivity contribution is 0.354. The first-order chi connectivity index (χ1) is 11.2. The van der Waals surface area contributed by atoms with Crippen molar-refractivity contribution in [2.24, 2.45) is 10.9 Å². The van der Waals surface area contributed by atoms with Gasteiger partial charge in [-0.2, -0.15) is 0 Å². The summed E-state index contributed by atoms with van der Waals surface area (Å²) in [5.41, 5.74) is 1.23. The zero-order valence-corrected chi connectivity index (χ0v) is 17.5. The van der Waals surface area contributed by atoms with E-state index in [1.807, 2.05) is 12.1 Å². The molecular weight excluding hydrogens is 417 g/mol. The molecular formula is C18H30IN3O2. The standard InChI is InChI=1S/C18H29N3O2.HI/c1-5-19-18(20-13-15-6-7-15)21(2)11-10-14-8-9-16(22-3)17(12-14)23-4;/h8-9,12,15H,5-7,10-11,13H2,1-4H3,(H,19,20);1H. The normalized spacial score (nSPS) is 13.9. The molecule has 0 bridgehead atoms. The predicted molar refractivity (Wildman–Crippen MR) is 110 cm³/mol. The van der Waals surface area contributed by atoms with E-state index in [1.165, 1.54) is 18.4 Å². The van der Waals surface area contributed by atoms with Gasteiger partial charge in [0.05, 0.1) is 14.2 Å². The van der Waals surface area contributed by atoms with Crippen molar-refractivity contribution in [1.82, 2.24) is 10.2 Å². The molecule has 5 nitrogen and oxygen atoms in total. The van der Waals surface area contributed by atoms with Crippen LogP contribution >= 0.6 is 24.0 Å². The van der Waals surface area contributed by atoms with Gasteiger partial charge in [-0.25, -0.2) is 0 Å². The number of aliphatic imine (C=N–C) groups is 1. The number of ether oxygens (including phenoxy) is 2. The number of hydrogen-bond acceptors (Lipinski definition) is 3. The molecule has 0 amide bonds. The average molecular weight is 447 g/mol. The largest absolute Gasteiger partial charge is 0.493 e. The van der Waals surface area contributed by atoms with Crippen molar-refractivity contribution in [3.05, 3.63) is 23.8 Å². The molecule has 0 atom stereocenters. The van der Waals surface area contributed by atoms with Crippen molar-refractivity contribution in [2.75, 3.05) is 40.9 Å². The van der Waals surface area contributed by atoms with E-state index < -0.39 is 0 Å². The molecule has 1 aliphatic carbocycles. The van der Waals surface area contributed by atoms with Crippen LogP contribution in [0.1, 0.15) is 25.3 Å². The van der Waals surface area contributed by atoms with Crippen molar-refractivity contribution in [3.8, 4) is 11.5 Å². The summed E-state index contributed by atoms with van der Waals surface area (Å²) < 4.78 is 10.6. The van der Waals surface area contributed by atoms with Gasteiger partial charge in [-0.05, 0) is 49.8 Å². The molecule has 1 aliphatic rings. The van der Waals surface area contributed by atoms with Gasteiger partial charge in [0.1, 0.15) is 0 Å². The first-order valence-electron chi connectivity index (χ1n) is 8.38. The SMILES string of the molecule is CCNC(=NCC1CC1)N(C)CCc1ccc(OC)c(OC)c1.I. The fraction of sp³-hybridized carbons (Fsp3) is 0.611. The third-order valence-electron chi connectivity index (χ3n) is 4.08. The molecule has 1 saturated carbocycles. The lowest BCUT2D eigenvalue weighted by Gasteiger charge is -2.22. The molecule has 0 radical (unpaired) electrons. The highest BCUT2D eigenvalue weighted by Gasteiger charge is 2.21. The maximum absolute atomic E-state index is 5.37. The molecule has 1 aromatic carbocycles. The van der Waals surface area contributed by atoms with E-state index in [-0.39, 0.29) is 24.0 Å². The summed E-state index contributed by atoms with van der Waals surface area (Å²) in [4.78, 5) is 6.93. The van der Waals surface area contributed by atoms with Crippen LogP contribution < -0.4 is 14.8 Å².